The fourth-order valence-corrected chi connectivity index (χ4v) is 2.29. The Bertz CT molecular complexity index is 610. The van der Waals surface area contributed by atoms with Crippen molar-refractivity contribution in [1.29, 1.82) is 0 Å². The van der Waals surface area contributed by atoms with E-state index in [0.29, 0.717) is 22.9 Å². The topological polar surface area (TPSA) is 70.1 Å². The van der Waals surface area contributed by atoms with Gasteiger partial charge in [-0.25, -0.2) is 9.78 Å². The first kappa shape index (κ1) is 14.0. The van der Waals surface area contributed by atoms with Crippen molar-refractivity contribution in [2.45, 2.75) is 18.8 Å². The van der Waals surface area contributed by atoms with Gasteiger partial charge in [-0.3, -0.25) is 0 Å². The summed E-state index contributed by atoms with van der Waals surface area (Å²) in [7, 11) is 0. The van der Waals surface area contributed by atoms with Gasteiger partial charge in [0, 0.05) is 0 Å². The zero-order valence-corrected chi connectivity index (χ0v) is 11.8. The maximum atomic E-state index is 10.6. The van der Waals surface area contributed by atoms with Gasteiger partial charge in [0.1, 0.15) is 17.9 Å². The second kappa shape index (κ2) is 5.67. The first-order valence-electron chi connectivity index (χ1n) is 5.71. The maximum absolute atomic E-state index is 10.6. The molecule has 7 heteroatoms. The van der Waals surface area contributed by atoms with Crippen molar-refractivity contribution in [2.24, 2.45) is 5.73 Å². The summed E-state index contributed by atoms with van der Waals surface area (Å²) in [5.41, 5.74) is 6.47. The summed E-state index contributed by atoms with van der Waals surface area (Å²) in [5.74, 6) is 0.679. The van der Waals surface area contributed by atoms with E-state index in [4.69, 9.17) is 33.7 Å². The molecule has 0 spiro atoms. The SMILES string of the molecule is CC(Cl)c1nc2c(Cl)cccc2n1CCOC(N)=O. The predicted octanol–water partition coefficient (Wildman–Crippen LogP) is 3.08. The number of halogens is 2. The van der Waals surface area contributed by atoms with Gasteiger partial charge >= 0.3 is 6.09 Å². The number of aromatic nitrogens is 2. The molecule has 102 valence electrons. The fourth-order valence-electron chi connectivity index (χ4n) is 1.91. The molecule has 1 aromatic heterocycles. The molecule has 1 atom stereocenters. The van der Waals surface area contributed by atoms with Crippen LogP contribution in [0.15, 0.2) is 18.2 Å². The van der Waals surface area contributed by atoms with Crippen molar-refractivity contribution in [2.75, 3.05) is 6.61 Å². The van der Waals surface area contributed by atoms with Crippen molar-refractivity contribution >= 4 is 40.3 Å². The average Bonchev–Trinajstić information content (AvgIpc) is 2.70. The van der Waals surface area contributed by atoms with Crippen LogP contribution in [-0.4, -0.2) is 22.3 Å². The molecule has 1 heterocycles. The summed E-state index contributed by atoms with van der Waals surface area (Å²) in [5, 5.41) is 0.280. The lowest BCUT2D eigenvalue weighted by molar-refractivity contribution is 0.152. The van der Waals surface area contributed by atoms with E-state index in [1.165, 1.54) is 0 Å². The van der Waals surface area contributed by atoms with Crippen LogP contribution < -0.4 is 5.73 Å². The first-order valence-corrected chi connectivity index (χ1v) is 6.53. The molecule has 0 fully saturated rings. The van der Waals surface area contributed by atoms with Gasteiger partial charge in [0.15, 0.2) is 0 Å². The first-order chi connectivity index (χ1) is 9.00. The van der Waals surface area contributed by atoms with Crippen molar-refractivity contribution in [3.05, 3.63) is 29.0 Å². The zero-order chi connectivity index (χ0) is 14.0. The Morgan fingerprint density at radius 3 is 2.95 bits per heavy atom. The van der Waals surface area contributed by atoms with Gasteiger partial charge in [-0.15, -0.1) is 11.6 Å². The molecule has 5 nitrogen and oxygen atoms in total. The third-order valence-corrected chi connectivity index (χ3v) is 3.17. The van der Waals surface area contributed by atoms with E-state index in [1.807, 2.05) is 23.6 Å². The van der Waals surface area contributed by atoms with Gasteiger partial charge in [-0.2, -0.15) is 0 Å². The van der Waals surface area contributed by atoms with E-state index < -0.39 is 6.09 Å². The van der Waals surface area contributed by atoms with Gasteiger partial charge in [0.25, 0.3) is 0 Å². The van der Waals surface area contributed by atoms with Gasteiger partial charge in [0.05, 0.1) is 22.5 Å². The summed E-state index contributed by atoms with van der Waals surface area (Å²) in [6.07, 6.45) is -0.803. The highest BCUT2D eigenvalue weighted by atomic mass is 35.5. The van der Waals surface area contributed by atoms with Crippen molar-refractivity contribution < 1.29 is 9.53 Å². The highest BCUT2D eigenvalue weighted by molar-refractivity contribution is 6.35. The number of nitrogens with two attached hydrogens (primary N) is 1. The molecule has 0 aliphatic heterocycles. The Kier molecular flexibility index (Phi) is 4.17. The molecule has 0 saturated carbocycles. The van der Waals surface area contributed by atoms with Crippen LogP contribution in [0, 0.1) is 0 Å². The van der Waals surface area contributed by atoms with Crippen LogP contribution in [0.1, 0.15) is 18.1 Å². The van der Waals surface area contributed by atoms with E-state index in [-0.39, 0.29) is 12.0 Å². The van der Waals surface area contributed by atoms with Crippen LogP contribution >= 0.6 is 23.2 Å². The normalized spacial score (nSPS) is 12.6. The summed E-state index contributed by atoms with van der Waals surface area (Å²) < 4.78 is 6.62. The number of alkyl halides is 1. The number of nitrogens with zero attached hydrogens (tertiary/aromatic N) is 2. The van der Waals surface area contributed by atoms with Gasteiger partial charge in [-0.05, 0) is 19.1 Å². The molecule has 19 heavy (non-hydrogen) atoms. The lowest BCUT2D eigenvalue weighted by atomic mass is 10.3. The number of hydrogen-bond acceptors (Lipinski definition) is 3. The number of hydrogen-bond donors (Lipinski definition) is 1. The summed E-state index contributed by atoms with van der Waals surface area (Å²) in [6, 6.07) is 5.49. The molecule has 1 unspecified atom stereocenters. The summed E-state index contributed by atoms with van der Waals surface area (Å²) in [4.78, 5) is 15.0. The standard InChI is InChI=1S/C12H13Cl2N3O2/c1-7(13)11-16-10-8(14)3-2-4-9(10)17(11)5-6-19-12(15)18/h2-4,7H,5-6H2,1H3,(H2,15,18). The number of para-hydroxylation sites is 1. The number of benzene rings is 1. The zero-order valence-electron chi connectivity index (χ0n) is 10.3. The Labute approximate surface area is 120 Å². The van der Waals surface area contributed by atoms with Gasteiger partial charge in [0.2, 0.25) is 0 Å². The minimum absolute atomic E-state index is 0.157. The number of carbonyl (C=O) groups excluding carboxylic acids is 1. The quantitative estimate of drug-likeness (QED) is 0.882. The molecule has 0 bridgehead atoms. The van der Waals surface area contributed by atoms with Crippen LogP contribution in [0.5, 0.6) is 0 Å². The molecular formula is C12H13Cl2N3O2. The van der Waals surface area contributed by atoms with Crippen molar-refractivity contribution in [3.8, 4) is 0 Å². The maximum Gasteiger partial charge on any atom is 0.404 e. The molecule has 2 rings (SSSR count). The van der Waals surface area contributed by atoms with Crippen LogP contribution in [-0.2, 0) is 11.3 Å². The van der Waals surface area contributed by atoms with E-state index in [1.54, 1.807) is 6.07 Å². The third-order valence-electron chi connectivity index (χ3n) is 2.67. The second-order valence-corrected chi connectivity index (χ2v) is 5.07. The highest BCUT2D eigenvalue weighted by Gasteiger charge is 2.16. The van der Waals surface area contributed by atoms with E-state index in [0.717, 1.165) is 5.52 Å². The number of carbonyl (C=O) groups is 1. The molecule has 2 N–H and O–H groups in total. The summed E-state index contributed by atoms with van der Waals surface area (Å²) in [6.45, 7) is 2.40. The predicted molar refractivity (Wildman–Crippen MR) is 74.5 cm³/mol. The van der Waals surface area contributed by atoms with Crippen LogP contribution in [0.25, 0.3) is 11.0 Å². The van der Waals surface area contributed by atoms with Crippen LogP contribution in [0.2, 0.25) is 5.02 Å². The minimum Gasteiger partial charge on any atom is -0.448 e. The monoisotopic (exact) mass is 301 g/mol. The molecule has 1 amide bonds. The molecule has 1 aromatic carbocycles. The number of amides is 1. The summed E-state index contributed by atoms with van der Waals surface area (Å²) >= 11 is 12.2. The van der Waals surface area contributed by atoms with Crippen molar-refractivity contribution in [1.82, 2.24) is 9.55 Å². The number of ether oxygens (including phenoxy) is 1. The molecule has 0 radical (unpaired) electrons. The Hall–Kier alpha value is -1.46. The molecular weight excluding hydrogens is 289 g/mol. The lowest BCUT2D eigenvalue weighted by Crippen LogP contribution is -2.17. The third kappa shape index (κ3) is 2.93. The van der Waals surface area contributed by atoms with Crippen LogP contribution in [0.4, 0.5) is 4.79 Å². The van der Waals surface area contributed by atoms with E-state index >= 15 is 0 Å². The second-order valence-electron chi connectivity index (χ2n) is 4.01. The van der Waals surface area contributed by atoms with E-state index in [2.05, 4.69) is 4.98 Å². The van der Waals surface area contributed by atoms with E-state index in [9.17, 15) is 4.79 Å². The largest absolute Gasteiger partial charge is 0.448 e. The van der Waals surface area contributed by atoms with Crippen molar-refractivity contribution in [3.63, 3.8) is 0 Å². The number of fused-ring (bicyclic) bond motifs is 1. The molecule has 2 aromatic rings. The fraction of sp³-hybridized carbons (Fsp3) is 0.333. The number of rotatable bonds is 4. The highest BCUT2D eigenvalue weighted by Crippen LogP contribution is 2.28. The number of imidazole rings is 1. The Balaban J connectivity index is 2.41. The smallest absolute Gasteiger partial charge is 0.404 e. The Morgan fingerprint density at radius 2 is 2.32 bits per heavy atom. The molecule has 0 aliphatic carbocycles. The average molecular weight is 302 g/mol. The Morgan fingerprint density at radius 1 is 1.58 bits per heavy atom. The number of primary amides is 1. The lowest BCUT2D eigenvalue weighted by Gasteiger charge is -2.10. The van der Waals surface area contributed by atoms with Crippen LogP contribution in [0.3, 0.4) is 0 Å². The molecule has 0 saturated heterocycles. The minimum atomic E-state index is -0.803. The van der Waals surface area contributed by atoms with Gasteiger partial charge in [-0.1, -0.05) is 17.7 Å². The van der Waals surface area contributed by atoms with Gasteiger partial charge < -0.3 is 15.0 Å². The molecule has 0 aliphatic rings.